The van der Waals surface area contributed by atoms with Crippen molar-refractivity contribution < 1.29 is 14.1 Å². The van der Waals surface area contributed by atoms with E-state index in [4.69, 9.17) is 0 Å². The molecule has 2 aromatic carbocycles. The summed E-state index contributed by atoms with van der Waals surface area (Å²) < 4.78 is 14.7. The standard InChI is InChI=1S/C23H23FN4O3/c24-19-8-5-17(6-9-19)11-13-27(20-3-1-2-4-20)23(29)18-7-10-21(22(15-18)28(30)31)26-14-12-25-16-26/h5-10,12,14-16,20H,1-4,11,13H2. The molecule has 0 spiro atoms. The number of aromatic nitrogens is 2. The average molecular weight is 422 g/mol. The fourth-order valence-electron chi connectivity index (χ4n) is 4.15. The summed E-state index contributed by atoms with van der Waals surface area (Å²) in [7, 11) is 0. The van der Waals surface area contributed by atoms with E-state index >= 15 is 0 Å². The van der Waals surface area contributed by atoms with Crippen molar-refractivity contribution in [1.29, 1.82) is 0 Å². The summed E-state index contributed by atoms with van der Waals surface area (Å²) in [6.45, 7) is 0.478. The fraction of sp³-hybridized carbons (Fsp3) is 0.304. The molecule has 160 valence electrons. The Bertz CT molecular complexity index is 1060. The lowest BCUT2D eigenvalue weighted by molar-refractivity contribution is -0.384. The third-order valence-corrected chi connectivity index (χ3v) is 5.78. The summed E-state index contributed by atoms with van der Waals surface area (Å²) in [5.74, 6) is -0.507. The number of benzene rings is 2. The van der Waals surface area contributed by atoms with Crippen molar-refractivity contribution in [2.45, 2.75) is 38.1 Å². The maximum atomic E-state index is 13.4. The van der Waals surface area contributed by atoms with Gasteiger partial charge in [0.05, 0.1) is 11.3 Å². The zero-order chi connectivity index (χ0) is 21.8. The number of nitro benzene ring substituents is 1. The highest BCUT2D eigenvalue weighted by atomic mass is 19.1. The summed E-state index contributed by atoms with van der Waals surface area (Å²) in [5.41, 5.74) is 1.45. The molecule has 1 aliphatic rings. The molecule has 31 heavy (non-hydrogen) atoms. The summed E-state index contributed by atoms with van der Waals surface area (Å²) in [4.78, 5) is 30.4. The Morgan fingerprint density at radius 3 is 2.58 bits per heavy atom. The molecule has 1 saturated carbocycles. The van der Waals surface area contributed by atoms with Crippen molar-refractivity contribution in [1.82, 2.24) is 14.5 Å². The van der Waals surface area contributed by atoms with Gasteiger partial charge in [0.15, 0.2) is 0 Å². The van der Waals surface area contributed by atoms with Crippen LogP contribution in [-0.2, 0) is 6.42 Å². The largest absolute Gasteiger partial charge is 0.335 e. The molecule has 0 bridgehead atoms. The lowest BCUT2D eigenvalue weighted by Crippen LogP contribution is -2.40. The zero-order valence-corrected chi connectivity index (χ0v) is 17.0. The second-order valence-electron chi connectivity index (χ2n) is 7.74. The molecule has 8 heteroatoms. The summed E-state index contributed by atoms with van der Waals surface area (Å²) in [6.07, 6.45) is 9.21. The molecule has 1 aromatic heterocycles. The van der Waals surface area contributed by atoms with Crippen LogP contribution in [0.25, 0.3) is 5.69 Å². The van der Waals surface area contributed by atoms with E-state index in [0.717, 1.165) is 31.2 Å². The Hall–Kier alpha value is -3.55. The number of hydrogen-bond acceptors (Lipinski definition) is 4. The van der Waals surface area contributed by atoms with E-state index in [2.05, 4.69) is 4.98 Å². The number of imidazole rings is 1. The van der Waals surface area contributed by atoms with Crippen LogP contribution in [0.4, 0.5) is 10.1 Å². The molecule has 7 nitrogen and oxygen atoms in total. The maximum Gasteiger partial charge on any atom is 0.294 e. The predicted octanol–water partition coefficient (Wildman–Crippen LogP) is 4.55. The monoisotopic (exact) mass is 422 g/mol. The average Bonchev–Trinajstić information content (AvgIpc) is 3.49. The Labute approximate surface area is 179 Å². The number of hydrogen-bond donors (Lipinski definition) is 0. The summed E-state index contributed by atoms with van der Waals surface area (Å²) in [5, 5.41) is 11.7. The molecule has 0 saturated heterocycles. The smallest absolute Gasteiger partial charge is 0.294 e. The van der Waals surface area contributed by atoms with Crippen LogP contribution >= 0.6 is 0 Å². The van der Waals surface area contributed by atoms with Crippen LogP contribution in [0.1, 0.15) is 41.6 Å². The Morgan fingerprint density at radius 2 is 1.94 bits per heavy atom. The minimum absolute atomic E-state index is 0.111. The number of nitro groups is 1. The molecule has 0 radical (unpaired) electrons. The van der Waals surface area contributed by atoms with Crippen LogP contribution in [0.2, 0.25) is 0 Å². The van der Waals surface area contributed by atoms with Crippen LogP contribution < -0.4 is 0 Å². The van der Waals surface area contributed by atoms with E-state index in [9.17, 15) is 19.3 Å². The minimum atomic E-state index is -0.482. The van der Waals surface area contributed by atoms with Gasteiger partial charge in [-0.15, -0.1) is 0 Å². The van der Waals surface area contributed by atoms with Gasteiger partial charge in [-0.05, 0) is 49.1 Å². The van der Waals surface area contributed by atoms with Crippen molar-refractivity contribution in [3.05, 3.63) is 88.2 Å². The SMILES string of the molecule is O=C(c1ccc(-n2ccnc2)c([N+](=O)[O-])c1)N(CCc1ccc(F)cc1)C1CCCC1. The highest BCUT2D eigenvalue weighted by molar-refractivity contribution is 5.95. The molecular weight excluding hydrogens is 399 g/mol. The van der Waals surface area contributed by atoms with Crippen molar-refractivity contribution >= 4 is 11.6 Å². The Kier molecular flexibility index (Phi) is 6.06. The third-order valence-electron chi connectivity index (χ3n) is 5.78. The van der Waals surface area contributed by atoms with E-state index in [1.54, 1.807) is 41.2 Å². The van der Waals surface area contributed by atoms with E-state index < -0.39 is 4.92 Å². The molecule has 1 fully saturated rings. The number of rotatable bonds is 7. The van der Waals surface area contributed by atoms with Gasteiger partial charge in [-0.3, -0.25) is 14.9 Å². The van der Waals surface area contributed by atoms with Gasteiger partial charge in [0, 0.05) is 36.6 Å². The van der Waals surface area contributed by atoms with E-state index in [-0.39, 0.29) is 23.5 Å². The highest BCUT2D eigenvalue weighted by Crippen LogP contribution is 2.28. The molecule has 0 unspecified atom stereocenters. The Morgan fingerprint density at radius 1 is 1.19 bits per heavy atom. The maximum absolute atomic E-state index is 13.4. The lowest BCUT2D eigenvalue weighted by Gasteiger charge is -2.29. The summed E-state index contributed by atoms with van der Waals surface area (Å²) >= 11 is 0. The summed E-state index contributed by atoms with van der Waals surface area (Å²) in [6, 6.07) is 10.9. The number of amides is 1. The second kappa shape index (κ2) is 9.07. The molecule has 0 N–H and O–H groups in total. The van der Waals surface area contributed by atoms with Gasteiger partial charge in [0.25, 0.3) is 11.6 Å². The highest BCUT2D eigenvalue weighted by Gasteiger charge is 2.29. The van der Waals surface area contributed by atoms with Crippen LogP contribution in [0.3, 0.4) is 0 Å². The second-order valence-corrected chi connectivity index (χ2v) is 7.74. The molecule has 1 heterocycles. The number of carbonyl (C=O) groups is 1. The van der Waals surface area contributed by atoms with Crippen molar-refractivity contribution in [3.63, 3.8) is 0 Å². The van der Waals surface area contributed by atoms with E-state index in [1.165, 1.54) is 24.5 Å². The van der Waals surface area contributed by atoms with Gasteiger partial charge < -0.3 is 9.47 Å². The molecular formula is C23H23FN4O3. The molecule has 0 atom stereocenters. The van der Waals surface area contributed by atoms with Gasteiger partial charge in [-0.1, -0.05) is 25.0 Å². The first-order valence-electron chi connectivity index (χ1n) is 10.3. The van der Waals surface area contributed by atoms with Crippen LogP contribution in [0.5, 0.6) is 0 Å². The topological polar surface area (TPSA) is 81.3 Å². The lowest BCUT2D eigenvalue weighted by atomic mass is 10.1. The van der Waals surface area contributed by atoms with Crippen LogP contribution in [0, 0.1) is 15.9 Å². The van der Waals surface area contributed by atoms with Gasteiger partial charge in [0.1, 0.15) is 11.5 Å². The number of nitrogens with zero attached hydrogens (tertiary/aromatic N) is 4. The van der Waals surface area contributed by atoms with Crippen LogP contribution in [0.15, 0.2) is 61.2 Å². The van der Waals surface area contributed by atoms with Gasteiger partial charge in [0.2, 0.25) is 0 Å². The quantitative estimate of drug-likeness (QED) is 0.413. The zero-order valence-electron chi connectivity index (χ0n) is 17.0. The van der Waals surface area contributed by atoms with E-state index in [0.29, 0.717) is 24.2 Å². The van der Waals surface area contributed by atoms with Crippen molar-refractivity contribution in [2.75, 3.05) is 6.54 Å². The molecule has 3 aromatic rings. The molecule has 4 rings (SSSR count). The molecule has 0 aliphatic heterocycles. The van der Waals surface area contributed by atoms with Gasteiger partial charge in [-0.25, -0.2) is 9.37 Å². The number of halogens is 1. The third kappa shape index (κ3) is 4.63. The number of carbonyl (C=O) groups excluding carboxylic acids is 1. The van der Waals surface area contributed by atoms with Crippen molar-refractivity contribution in [3.8, 4) is 5.69 Å². The predicted molar refractivity (Wildman–Crippen MR) is 114 cm³/mol. The normalized spacial score (nSPS) is 14.0. The fourth-order valence-corrected chi connectivity index (χ4v) is 4.15. The first kappa shape index (κ1) is 20.7. The van der Waals surface area contributed by atoms with E-state index in [1.807, 2.05) is 4.90 Å². The first-order chi connectivity index (χ1) is 15.0. The minimum Gasteiger partial charge on any atom is -0.335 e. The molecule has 1 aliphatic carbocycles. The molecule has 1 amide bonds. The van der Waals surface area contributed by atoms with Crippen LogP contribution in [-0.4, -0.2) is 37.9 Å². The Balaban J connectivity index is 1.60. The first-order valence-corrected chi connectivity index (χ1v) is 10.3. The van der Waals surface area contributed by atoms with Gasteiger partial charge in [-0.2, -0.15) is 0 Å². The van der Waals surface area contributed by atoms with Crippen molar-refractivity contribution in [2.24, 2.45) is 0 Å². The van der Waals surface area contributed by atoms with Gasteiger partial charge >= 0.3 is 0 Å².